The van der Waals surface area contributed by atoms with Gasteiger partial charge in [-0.05, 0) is 19.3 Å². The van der Waals surface area contributed by atoms with Crippen molar-refractivity contribution in [2.24, 2.45) is 5.16 Å². The number of nitrogens with zero attached hydrogens (tertiary/aromatic N) is 1. The highest BCUT2D eigenvalue weighted by Gasteiger charge is 1.91. The van der Waals surface area contributed by atoms with E-state index in [0.717, 1.165) is 25.0 Å². The summed E-state index contributed by atoms with van der Waals surface area (Å²) in [6, 6.07) is 0. The van der Waals surface area contributed by atoms with E-state index in [9.17, 15) is 0 Å². The third-order valence-electron chi connectivity index (χ3n) is 1.01. The van der Waals surface area contributed by atoms with Gasteiger partial charge in [-0.25, -0.2) is 0 Å². The highest BCUT2D eigenvalue weighted by atomic mass is 16.4. The lowest BCUT2D eigenvalue weighted by molar-refractivity contribution is 0.316. The first-order valence-electron chi connectivity index (χ1n) is 2.84. The van der Waals surface area contributed by atoms with Gasteiger partial charge in [0.2, 0.25) is 0 Å². The minimum Gasteiger partial charge on any atom is -0.411 e. The van der Waals surface area contributed by atoms with Gasteiger partial charge >= 0.3 is 0 Å². The van der Waals surface area contributed by atoms with E-state index in [-0.39, 0.29) is 0 Å². The van der Waals surface area contributed by atoms with E-state index in [0.29, 0.717) is 0 Å². The summed E-state index contributed by atoms with van der Waals surface area (Å²) in [5.41, 5.74) is 0.833. The van der Waals surface area contributed by atoms with Crippen LogP contribution in [-0.2, 0) is 0 Å². The van der Waals surface area contributed by atoms with Gasteiger partial charge in [0.15, 0.2) is 0 Å². The van der Waals surface area contributed by atoms with E-state index >= 15 is 0 Å². The quantitative estimate of drug-likeness (QED) is 0.339. The Balaban J connectivity index is 3.38. The summed E-state index contributed by atoms with van der Waals surface area (Å²) in [5.74, 6) is 0. The van der Waals surface area contributed by atoms with Crippen molar-refractivity contribution in [3.05, 3.63) is 6.92 Å². The van der Waals surface area contributed by atoms with Crippen LogP contribution in [0.1, 0.15) is 26.2 Å². The van der Waals surface area contributed by atoms with Crippen LogP contribution in [0, 0.1) is 6.92 Å². The second-order valence-corrected chi connectivity index (χ2v) is 1.62. The number of hydrogen-bond acceptors (Lipinski definition) is 2. The molecule has 0 aliphatic rings. The maximum Gasteiger partial charge on any atom is 0.0568 e. The van der Waals surface area contributed by atoms with Gasteiger partial charge in [0.1, 0.15) is 0 Å². The molecule has 0 saturated carbocycles. The Hall–Kier alpha value is -0.530. The van der Waals surface area contributed by atoms with Crippen LogP contribution >= 0.6 is 0 Å². The van der Waals surface area contributed by atoms with Gasteiger partial charge in [0.05, 0.1) is 5.71 Å². The highest BCUT2D eigenvalue weighted by Crippen LogP contribution is 1.94. The van der Waals surface area contributed by atoms with Crippen LogP contribution < -0.4 is 0 Å². The molecule has 1 radical (unpaired) electrons. The lowest BCUT2D eigenvalue weighted by Gasteiger charge is -1.93. The Labute approximate surface area is 50.2 Å². The minimum absolute atomic E-state index is 0.812. The molecule has 1 N–H and O–H groups in total. The maximum absolute atomic E-state index is 8.22. The van der Waals surface area contributed by atoms with Gasteiger partial charge in [-0.3, -0.25) is 0 Å². The molecule has 0 aromatic rings. The first-order chi connectivity index (χ1) is 3.85. The first kappa shape index (κ1) is 7.47. The molecule has 0 atom stereocenters. The lowest BCUT2D eigenvalue weighted by Crippen LogP contribution is -1.93. The van der Waals surface area contributed by atoms with E-state index in [2.05, 4.69) is 12.1 Å². The molecule has 0 spiro atoms. The van der Waals surface area contributed by atoms with Crippen molar-refractivity contribution in [2.45, 2.75) is 26.2 Å². The molecule has 0 fully saturated rings. The topological polar surface area (TPSA) is 32.6 Å². The number of hydrogen-bond donors (Lipinski definition) is 1. The van der Waals surface area contributed by atoms with Crippen molar-refractivity contribution in [1.29, 1.82) is 0 Å². The van der Waals surface area contributed by atoms with Crippen molar-refractivity contribution < 1.29 is 5.21 Å². The Morgan fingerprint density at radius 3 is 2.50 bits per heavy atom. The third kappa shape index (κ3) is 2.61. The molecule has 2 heteroatoms. The first-order valence-corrected chi connectivity index (χ1v) is 2.84. The zero-order valence-corrected chi connectivity index (χ0v) is 5.22. The lowest BCUT2D eigenvalue weighted by atomic mass is 10.2. The zero-order chi connectivity index (χ0) is 6.41. The van der Waals surface area contributed by atoms with Crippen LogP contribution in [0.15, 0.2) is 5.16 Å². The fraction of sp³-hybridized carbons (Fsp3) is 0.667. The average molecular weight is 114 g/mol. The Bertz CT molecular complexity index is 78.6. The Morgan fingerprint density at radius 2 is 2.38 bits per heavy atom. The van der Waals surface area contributed by atoms with Gasteiger partial charge in [0.25, 0.3) is 0 Å². The molecule has 0 bridgehead atoms. The van der Waals surface area contributed by atoms with Crippen molar-refractivity contribution in [3.8, 4) is 0 Å². The molecule has 0 amide bonds. The van der Waals surface area contributed by atoms with Crippen LogP contribution in [-0.4, -0.2) is 10.9 Å². The average Bonchev–Trinajstić information content (AvgIpc) is 1.83. The third-order valence-corrected chi connectivity index (χ3v) is 1.01. The summed E-state index contributed by atoms with van der Waals surface area (Å²) in [6.07, 6.45) is 2.45. The Morgan fingerprint density at radius 1 is 1.75 bits per heavy atom. The van der Waals surface area contributed by atoms with Gasteiger partial charge in [-0.2, -0.15) is 0 Å². The standard InChI is InChI=1S/C6H12NO/c1-3-5-6(4-2)7-8/h8H,1,3-5H2,2H3/b7-6+. The number of rotatable bonds is 3. The van der Waals surface area contributed by atoms with Crippen molar-refractivity contribution in [2.75, 3.05) is 0 Å². The predicted molar refractivity (Wildman–Crippen MR) is 34.1 cm³/mol. The molecule has 0 aliphatic heterocycles. The van der Waals surface area contributed by atoms with Crippen LogP contribution in [0.5, 0.6) is 0 Å². The van der Waals surface area contributed by atoms with Crippen LogP contribution in [0.25, 0.3) is 0 Å². The smallest absolute Gasteiger partial charge is 0.0568 e. The molecule has 0 aromatic heterocycles. The summed E-state index contributed by atoms with van der Waals surface area (Å²) in [7, 11) is 0. The number of oxime groups is 1. The zero-order valence-electron chi connectivity index (χ0n) is 5.22. The molecule has 2 nitrogen and oxygen atoms in total. The van der Waals surface area contributed by atoms with Crippen molar-refractivity contribution >= 4 is 5.71 Å². The molecule has 0 heterocycles. The summed E-state index contributed by atoms with van der Waals surface area (Å²) in [6.45, 7) is 5.59. The van der Waals surface area contributed by atoms with Crippen LogP contribution in [0.2, 0.25) is 0 Å². The van der Waals surface area contributed by atoms with Gasteiger partial charge in [-0.1, -0.05) is 19.0 Å². The molecule has 0 aromatic carbocycles. The van der Waals surface area contributed by atoms with E-state index in [1.807, 2.05) is 6.92 Å². The molecular weight excluding hydrogens is 102 g/mol. The SMILES string of the molecule is [CH2]CC/C(CC)=N/O. The van der Waals surface area contributed by atoms with Gasteiger partial charge in [-0.15, -0.1) is 0 Å². The van der Waals surface area contributed by atoms with E-state index in [4.69, 9.17) is 5.21 Å². The second-order valence-electron chi connectivity index (χ2n) is 1.62. The molecule has 0 unspecified atom stereocenters. The van der Waals surface area contributed by atoms with Crippen molar-refractivity contribution in [1.82, 2.24) is 0 Å². The normalized spacial score (nSPS) is 12.0. The summed E-state index contributed by atoms with van der Waals surface area (Å²) >= 11 is 0. The predicted octanol–water partition coefficient (Wildman–Crippen LogP) is 1.84. The molecular formula is C6H12NO. The summed E-state index contributed by atoms with van der Waals surface area (Å²) < 4.78 is 0. The molecule has 0 aliphatic carbocycles. The second kappa shape index (κ2) is 4.62. The minimum atomic E-state index is 0.812. The Kier molecular flexibility index (Phi) is 4.32. The molecule has 0 rings (SSSR count). The largest absolute Gasteiger partial charge is 0.411 e. The van der Waals surface area contributed by atoms with Gasteiger partial charge in [0, 0.05) is 0 Å². The fourth-order valence-electron chi connectivity index (χ4n) is 0.502. The molecule has 8 heavy (non-hydrogen) atoms. The van der Waals surface area contributed by atoms with Crippen LogP contribution in [0.4, 0.5) is 0 Å². The van der Waals surface area contributed by atoms with E-state index in [1.165, 1.54) is 0 Å². The highest BCUT2D eigenvalue weighted by molar-refractivity contribution is 5.83. The fourth-order valence-corrected chi connectivity index (χ4v) is 0.502. The summed E-state index contributed by atoms with van der Waals surface area (Å²) in [4.78, 5) is 0. The molecule has 0 saturated heterocycles. The summed E-state index contributed by atoms with van der Waals surface area (Å²) in [5, 5.41) is 11.3. The maximum atomic E-state index is 8.22. The van der Waals surface area contributed by atoms with Crippen molar-refractivity contribution in [3.63, 3.8) is 0 Å². The molecule has 47 valence electrons. The van der Waals surface area contributed by atoms with E-state index < -0.39 is 0 Å². The van der Waals surface area contributed by atoms with Crippen LogP contribution in [0.3, 0.4) is 0 Å². The van der Waals surface area contributed by atoms with Gasteiger partial charge < -0.3 is 5.21 Å². The van der Waals surface area contributed by atoms with E-state index in [1.54, 1.807) is 0 Å². The monoisotopic (exact) mass is 114 g/mol.